The fourth-order valence-corrected chi connectivity index (χ4v) is 4.49. The van der Waals surface area contributed by atoms with Gasteiger partial charge < -0.3 is 15.3 Å². The van der Waals surface area contributed by atoms with E-state index < -0.39 is 6.09 Å². The van der Waals surface area contributed by atoms with Gasteiger partial charge in [0, 0.05) is 43.2 Å². The Morgan fingerprint density at radius 3 is 2.69 bits per heavy atom. The Labute approximate surface area is 209 Å². The van der Waals surface area contributed by atoms with E-state index in [4.69, 9.17) is 10.1 Å². The maximum Gasteiger partial charge on any atom is 0.407 e. The summed E-state index contributed by atoms with van der Waals surface area (Å²) in [5, 5.41) is 25.2. The van der Waals surface area contributed by atoms with Gasteiger partial charge in [-0.3, -0.25) is 9.67 Å². The van der Waals surface area contributed by atoms with Gasteiger partial charge in [-0.2, -0.15) is 10.2 Å². The van der Waals surface area contributed by atoms with Gasteiger partial charge in [-0.25, -0.2) is 9.78 Å². The lowest BCUT2D eigenvalue weighted by Crippen LogP contribution is -2.37. The third-order valence-electron chi connectivity index (χ3n) is 6.75. The molecule has 1 aliphatic rings. The van der Waals surface area contributed by atoms with Crippen LogP contribution in [-0.4, -0.2) is 59.1 Å². The molecule has 4 aromatic rings. The zero-order valence-electron chi connectivity index (χ0n) is 20.5. The summed E-state index contributed by atoms with van der Waals surface area (Å²) in [6, 6.07) is 7.83. The number of carbonyl (C=O) groups is 1. The number of aromatic nitrogens is 6. The molecule has 2 N–H and O–H groups in total. The van der Waals surface area contributed by atoms with Crippen molar-refractivity contribution in [2.75, 3.05) is 18.4 Å². The summed E-state index contributed by atoms with van der Waals surface area (Å²) in [6.45, 7) is 6.28. The number of nitrogens with zero attached hydrogens (tertiary/aromatic N) is 7. The van der Waals surface area contributed by atoms with Crippen LogP contribution in [0, 0.1) is 5.92 Å². The second-order valence-electron chi connectivity index (χ2n) is 9.61. The minimum Gasteiger partial charge on any atom is -0.465 e. The lowest BCUT2D eigenvalue weighted by molar-refractivity contribution is 0.122. The van der Waals surface area contributed by atoms with Gasteiger partial charge in [0.15, 0.2) is 5.82 Å². The topological polar surface area (TPSA) is 122 Å². The van der Waals surface area contributed by atoms with E-state index in [0.29, 0.717) is 36.6 Å². The molecule has 1 saturated heterocycles. The number of carboxylic acid groups (broad SMARTS) is 1. The van der Waals surface area contributed by atoms with Crippen molar-refractivity contribution in [2.24, 2.45) is 5.92 Å². The van der Waals surface area contributed by atoms with Crippen LogP contribution in [0.2, 0.25) is 0 Å². The average Bonchev–Trinajstić information content (AvgIpc) is 3.36. The van der Waals surface area contributed by atoms with Crippen LogP contribution < -0.4 is 5.32 Å². The maximum absolute atomic E-state index is 11.1. The second kappa shape index (κ2) is 10.3. The summed E-state index contributed by atoms with van der Waals surface area (Å²) in [7, 11) is 0. The molecule has 5 rings (SSSR count). The first kappa shape index (κ1) is 23.7. The Morgan fingerprint density at radius 2 is 1.92 bits per heavy atom. The van der Waals surface area contributed by atoms with E-state index in [1.165, 1.54) is 4.90 Å². The predicted octanol–water partition coefficient (Wildman–Crippen LogP) is 4.93. The molecule has 0 atom stereocenters. The summed E-state index contributed by atoms with van der Waals surface area (Å²) in [4.78, 5) is 21.9. The Kier molecular flexibility index (Phi) is 6.75. The Morgan fingerprint density at radius 1 is 1.08 bits per heavy atom. The third-order valence-corrected chi connectivity index (χ3v) is 6.75. The number of hydrogen-bond acceptors (Lipinski definition) is 7. The van der Waals surface area contributed by atoms with Crippen LogP contribution in [0.25, 0.3) is 22.2 Å². The number of anilines is 2. The molecule has 186 valence electrons. The molecular weight excluding hydrogens is 456 g/mol. The van der Waals surface area contributed by atoms with Crippen molar-refractivity contribution in [3.05, 3.63) is 54.6 Å². The standard InChI is InChI=1S/C26H30N8O2/c1-17(2)19-12-25(32-28-14-19)31-24-4-3-22-23(30-24)11-20(13-27-22)21-15-29-34(16-21)10-7-18-5-8-33(9-6-18)26(35)36/h3-4,11-18H,5-10H2,1-2H3,(H,35,36)(H,30,31,32). The zero-order chi connectivity index (χ0) is 25.1. The van der Waals surface area contributed by atoms with Crippen molar-refractivity contribution in [3.63, 3.8) is 0 Å². The van der Waals surface area contributed by atoms with Gasteiger partial charge in [-0.05, 0) is 60.9 Å². The highest BCUT2D eigenvalue weighted by molar-refractivity contribution is 5.81. The number of rotatable bonds is 7. The number of aryl methyl sites for hydroxylation is 1. The number of pyridine rings is 2. The Balaban J connectivity index is 1.26. The van der Waals surface area contributed by atoms with Crippen molar-refractivity contribution in [1.29, 1.82) is 0 Å². The number of piperidine rings is 1. The molecule has 1 amide bonds. The summed E-state index contributed by atoms with van der Waals surface area (Å²) >= 11 is 0. The molecule has 4 aromatic heterocycles. The number of hydrogen-bond donors (Lipinski definition) is 2. The largest absolute Gasteiger partial charge is 0.465 e. The first-order valence-electron chi connectivity index (χ1n) is 12.3. The molecule has 0 radical (unpaired) electrons. The highest BCUT2D eigenvalue weighted by Crippen LogP contribution is 2.25. The summed E-state index contributed by atoms with van der Waals surface area (Å²) in [5.41, 5.74) is 4.64. The van der Waals surface area contributed by atoms with E-state index in [1.807, 2.05) is 47.5 Å². The summed E-state index contributed by atoms with van der Waals surface area (Å²) in [6.07, 6.45) is 9.49. The van der Waals surface area contributed by atoms with E-state index >= 15 is 0 Å². The summed E-state index contributed by atoms with van der Waals surface area (Å²) < 4.78 is 1.95. The monoisotopic (exact) mass is 486 g/mol. The molecule has 0 spiro atoms. The zero-order valence-corrected chi connectivity index (χ0v) is 20.5. The van der Waals surface area contributed by atoms with Gasteiger partial charge in [-0.1, -0.05) is 13.8 Å². The molecule has 0 bridgehead atoms. The molecule has 0 aromatic carbocycles. The van der Waals surface area contributed by atoms with Crippen molar-refractivity contribution in [1.82, 2.24) is 34.8 Å². The van der Waals surface area contributed by atoms with Crippen LogP contribution in [0.15, 0.2) is 49.1 Å². The van der Waals surface area contributed by atoms with E-state index in [9.17, 15) is 4.79 Å². The molecule has 10 nitrogen and oxygen atoms in total. The lowest BCUT2D eigenvalue weighted by atomic mass is 9.94. The summed E-state index contributed by atoms with van der Waals surface area (Å²) in [5.74, 6) is 2.23. The van der Waals surface area contributed by atoms with Crippen LogP contribution in [0.5, 0.6) is 0 Å². The van der Waals surface area contributed by atoms with Crippen LogP contribution in [0.4, 0.5) is 16.4 Å². The normalized spacial score (nSPS) is 14.5. The maximum atomic E-state index is 11.1. The second-order valence-corrected chi connectivity index (χ2v) is 9.61. The van der Waals surface area contributed by atoms with Gasteiger partial charge in [0.05, 0.1) is 23.4 Å². The molecule has 1 fully saturated rings. The van der Waals surface area contributed by atoms with Gasteiger partial charge in [0.1, 0.15) is 5.82 Å². The number of likely N-dealkylation sites (tertiary alicyclic amines) is 1. The van der Waals surface area contributed by atoms with Gasteiger partial charge in [0.25, 0.3) is 0 Å². The molecule has 36 heavy (non-hydrogen) atoms. The van der Waals surface area contributed by atoms with E-state index in [2.05, 4.69) is 39.4 Å². The van der Waals surface area contributed by atoms with Crippen molar-refractivity contribution in [3.8, 4) is 11.1 Å². The number of nitrogens with one attached hydrogen (secondary N) is 1. The molecular formula is C26H30N8O2. The van der Waals surface area contributed by atoms with E-state index in [1.54, 1.807) is 6.20 Å². The SMILES string of the molecule is CC(C)c1cnnc(Nc2ccc3ncc(-c4cnn(CCC5CCN(C(=O)O)CC5)c4)cc3n2)c1. The highest BCUT2D eigenvalue weighted by atomic mass is 16.4. The smallest absolute Gasteiger partial charge is 0.407 e. The fourth-order valence-electron chi connectivity index (χ4n) is 4.49. The Hall–Kier alpha value is -4.08. The van der Waals surface area contributed by atoms with E-state index in [-0.39, 0.29) is 0 Å². The van der Waals surface area contributed by atoms with Gasteiger partial charge in [0.2, 0.25) is 0 Å². The van der Waals surface area contributed by atoms with Gasteiger partial charge >= 0.3 is 6.09 Å². The molecule has 10 heteroatoms. The number of amides is 1. The molecule has 0 aliphatic carbocycles. The first-order chi connectivity index (χ1) is 17.4. The average molecular weight is 487 g/mol. The van der Waals surface area contributed by atoms with Crippen LogP contribution in [0.1, 0.15) is 44.6 Å². The van der Waals surface area contributed by atoms with Crippen molar-refractivity contribution in [2.45, 2.75) is 45.6 Å². The minimum absolute atomic E-state index is 0.364. The Bertz CT molecular complexity index is 1360. The molecule has 0 unspecified atom stereocenters. The highest BCUT2D eigenvalue weighted by Gasteiger charge is 2.22. The van der Waals surface area contributed by atoms with Crippen LogP contribution in [0.3, 0.4) is 0 Å². The van der Waals surface area contributed by atoms with E-state index in [0.717, 1.165) is 53.5 Å². The first-order valence-corrected chi connectivity index (χ1v) is 12.3. The molecule has 5 heterocycles. The van der Waals surface area contributed by atoms with Crippen molar-refractivity contribution >= 4 is 28.8 Å². The van der Waals surface area contributed by atoms with Crippen molar-refractivity contribution < 1.29 is 9.90 Å². The quantitative estimate of drug-likeness (QED) is 0.377. The third kappa shape index (κ3) is 5.42. The minimum atomic E-state index is -0.819. The van der Waals surface area contributed by atoms with Crippen LogP contribution in [-0.2, 0) is 6.54 Å². The lowest BCUT2D eigenvalue weighted by Gasteiger charge is -2.29. The fraction of sp³-hybridized carbons (Fsp3) is 0.385. The van der Waals surface area contributed by atoms with Crippen LogP contribution >= 0.6 is 0 Å². The molecule has 0 saturated carbocycles. The molecule has 1 aliphatic heterocycles. The van der Waals surface area contributed by atoms with Gasteiger partial charge in [-0.15, -0.1) is 5.10 Å². The number of fused-ring (bicyclic) bond motifs is 1. The predicted molar refractivity (Wildman–Crippen MR) is 137 cm³/mol.